The van der Waals surface area contributed by atoms with Crippen LogP contribution in [0.3, 0.4) is 0 Å². The second kappa shape index (κ2) is 6.49. The Kier molecular flexibility index (Phi) is 4.47. The second-order valence-corrected chi connectivity index (χ2v) is 4.14. The summed E-state index contributed by atoms with van der Waals surface area (Å²) in [4.78, 5) is 10.1. The fourth-order valence-electron chi connectivity index (χ4n) is 1.70. The minimum absolute atomic E-state index is 0.0848. The van der Waals surface area contributed by atoms with Crippen molar-refractivity contribution >= 4 is 23.5 Å². The molecule has 2 N–H and O–H groups in total. The minimum Gasteiger partial charge on any atom is -0.377 e. The maximum atomic E-state index is 10.5. The molecule has 0 aliphatic heterocycles. The van der Waals surface area contributed by atoms with Crippen molar-refractivity contribution in [1.82, 2.24) is 0 Å². The number of aliphatic hydroxyl groups excluding tert-OH is 1. The molecule has 0 aromatic heterocycles. The summed E-state index contributed by atoms with van der Waals surface area (Å²) in [5.74, 6) is 0. The number of non-ortho nitro benzene ring substituents is 1. The van der Waals surface area contributed by atoms with Gasteiger partial charge in [-0.3, -0.25) is 10.1 Å². The van der Waals surface area contributed by atoms with E-state index in [2.05, 4.69) is 5.32 Å². The molecule has 0 radical (unpaired) electrons. The highest BCUT2D eigenvalue weighted by atomic mass is 16.6. The van der Waals surface area contributed by atoms with Crippen LogP contribution in [0.4, 0.5) is 11.4 Å². The molecular weight excluding hydrogens is 256 g/mol. The molecule has 0 spiro atoms. The average Bonchev–Trinajstić information content (AvgIpc) is 2.47. The van der Waals surface area contributed by atoms with Crippen LogP contribution in [-0.4, -0.2) is 16.8 Å². The molecule has 0 heterocycles. The molecule has 0 unspecified atom stereocenters. The van der Waals surface area contributed by atoms with Gasteiger partial charge in [0.15, 0.2) is 0 Å². The summed E-state index contributed by atoms with van der Waals surface area (Å²) in [6.07, 6.45) is 3.81. The van der Waals surface area contributed by atoms with E-state index in [1.807, 2.05) is 36.4 Å². The quantitative estimate of drug-likeness (QED) is 0.379. The van der Waals surface area contributed by atoms with E-state index < -0.39 is 4.92 Å². The topological polar surface area (TPSA) is 75.4 Å². The Balaban J connectivity index is 2.06. The molecular formula is C15H14N2O3. The number of nitrogens with zero attached hydrogens (tertiary/aromatic N) is 1. The summed E-state index contributed by atoms with van der Waals surface area (Å²) in [7, 11) is 0. The van der Waals surface area contributed by atoms with E-state index in [9.17, 15) is 10.1 Å². The Hall–Kier alpha value is -2.66. The number of nitrogens with one attached hydrogen (secondary N) is 1. The zero-order valence-corrected chi connectivity index (χ0v) is 10.7. The van der Waals surface area contributed by atoms with Crippen LogP contribution in [0.2, 0.25) is 0 Å². The van der Waals surface area contributed by atoms with Gasteiger partial charge in [0.25, 0.3) is 5.69 Å². The van der Waals surface area contributed by atoms with E-state index in [0.29, 0.717) is 0 Å². The lowest BCUT2D eigenvalue weighted by atomic mass is 10.1. The fraction of sp³-hybridized carbons (Fsp3) is 0.0667. The number of rotatable bonds is 5. The Morgan fingerprint density at radius 2 is 1.50 bits per heavy atom. The van der Waals surface area contributed by atoms with E-state index in [-0.39, 0.29) is 12.4 Å². The van der Waals surface area contributed by atoms with Gasteiger partial charge in [-0.05, 0) is 35.4 Å². The monoisotopic (exact) mass is 270 g/mol. The maximum absolute atomic E-state index is 10.5. The number of anilines is 1. The number of hydrogen-bond acceptors (Lipinski definition) is 4. The molecule has 0 saturated heterocycles. The van der Waals surface area contributed by atoms with Crippen molar-refractivity contribution in [3.8, 4) is 0 Å². The maximum Gasteiger partial charge on any atom is 0.269 e. The van der Waals surface area contributed by atoms with Crippen molar-refractivity contribution < 1.29 is 10.0 Å². The highest BCUT2D eigenvalue weighted by molar-refractivity contribution is 5.70. The highest BCUT2D eigenvalue weighted by Crippen LogP contribution is 2.15. The molecule has 0 fully saturated rings. The van der Waals surface area contributed by atoms with E-state index >= 15 is 0 Å². The Morgan fingerprint density at radius 1 is 1.00 bits per heavy atom. The lowest BCUT2D eigenvalue weighted by Crippen LogP contribution is -1.98. The molecule has 0 amide bonds. The molecule has 102 valence electrons. The molecule has 0 saturated carbocycles. The molecule has 5 heteroatoms. The Labute approximate surface area is 116 Å². The van der Waals surface area contributed by atoms with Crippen LogP contribution in [-0.2, 0) is 0 Å². The van der Waals surface area contributed by atoms with Gasteiger partial charge in [0, 0.05) is 17.8 Å². The van der Waals surface area contributed by atoms with E-state index in [1.165, 1.54) is 12.1 Å². The lowest BCUT2D eigenvalue weighted by molar-refractivity contribution is -0.384. The summed E-state index contributed by atoms with van der Waals surface area (Å²) in [6, 6.07) is 13.9. The number of nitro groups is 1. The van der Waals surface area contributed by atoms with Gasteiger partial charge < -0.3 is 10.4 Å². The molecule has 0 aliphatic carbocycles. The van der Waals surface area contributed by atoms with Crippen LogP contribution in [0, 0.1) is 10.1 Å². The van der Waals surface area contributed by atoms with Crippen LogP contribution in [0.1, 0.15) is 11.1 Å². The standard InChI is InChI=1S/C15H14N2O3/c18-11-16-14-7-3-12(4-8-14)1-2-13-5-9-15(10-6-13)17(19)20/h1-10,16,18H,11H2. The van der Waals surface area contributed by atoms with Crippen LogP contribution in [0.15, 0.2) is 48.5 Å². The summed E-state index contributed by atoms with van der Waals surface area (Å²) in [5, 5.41) is 22.1. The van der Waals surface area contributed by atoms with Gasteiger partial charge in [-0.2, -0.15) is 0 Å². The SMILES string of the molecule is O=[N+]([O-])c1ccc(C=Cc2ccc(NCO)cc2)cc1. The Morgan fingerprint density at radius 3 is 1.95 bits per heavy atom. The summed E-state index contributed by atoms with van der Waals surface area (Å²) in [5.41, 5.74) is 2.83. The van der Waals surface area contributed by atoms with Crippen molar-refractivity contribution in [1.29, 1.82) is 0 Å². The second-order valence-electron chi connectivity index (χ2n) is 4.14. The number of nitro benzene ring substituents is 1. The van der Waals surface area contributed by atoms with Gasteiger partial charge >= 0.3 is 0 Å². The van der Waals surface area contributed by atoms with E-state index in [0.717, 1.165) is 16.8 Å². The van der Waals surface area contributed by atoms with Crippen molar-refractivity contribution in [3.63, 3.8) is 0 Å². The van der Waals surface area contributed by atoms with Gasteiger partial charge in [0.1, 0.15) is 6.73 Å². The van der Waals surface area contributed by atoms with Gasteiger partial charge in [-0.25, -0.2) is 0 Å². The summed E-state index contributed by atoms with van der Waals surface area (Å²) in [6.45, 7) is -0.0992. The van der Waals surface area contributed by atoms with Crippen LogP contribution in [0.25, 0.3) is 12.2 Å². The molecule has 0 bridgehead atoms. The number of aliphatic hydroxyl groups is 1. The van der Waals surface area contributed by atoms with Crippen molar-refractivity contribution in [2.24, 2.45) is 0 Å². The van der Waals surface area contributed by atoms with Crippen molar-refractivity contribution in [3.05, 3.63) is 69.8 Å². The first kappa shape index (κ1) is 13.8. The first-order valence-corrected chi connectivity index (χ1v) is 6.06. The molecule has 2 rings (SSSR count). The van der Waals surface area contributed by atoms with Crippen molar-refractivity contribution in [2.75, 3.05) is 12.0 Å². The van der Waals surface area contributed by atoms with Gasteiger partial charge in [0.05, 0.1) is 4.92 Å². The molecule has 5 nitrogen and oxygen atoms in total. The molecule has 2 aromatic carbocycles. The van der Waals surface area contributed by atoms with E-state index in [4.69, 9.17) is 5.11 Å². The average molecular weight is 270 g/mol. The molecule has 20 heavy (non-hydrogen) atoms. The number of hydrogen-bond donors (Lipinski definition) is 2. The normalized spacial score (nSPS) is 10.7. The summed E-state index contributed by atoms with van der Waals surface area (Å²) >= 11 is 0. The predicted molar refractivity (Wildman–Crippen MR) is 79.2 cm³/mol. The van der Waals surface area contributed by atoms with Gasteiger partial charge in [0.2, 0.25) is 0 Å². The van der Waals surface area contributed by atoms with Crippen molar-refractivity contribution in [2.45, 2.75) is 0 Å². The Bertz CT molecular complexity index is 604. The third-order valence-electron chi connectivity index (χ3n) is 2.77. The zero-order chi connectivity index (χ0) is 14.4. The van der Waals surface area contributed by atoms with Crippen LogP contribution in [0.5, 0.6) is 0 Å². The fourth-order valence-corrected chi connectivity index (χ4v) is 1.70. The number of benzene rings is 2. The first-order valence-electron chi connectivity index (χ1n) is 6.06. The smallest absolute Gasteiger partial charge is 0.269 e. The third-order valence-corrected chi connectivity index (χ3v) is 2.77. The van der Waals surface area contributed by atoms with Crippen LogP contribution < -0.4 is 5.32 Å². The van der Waals surface area contributed by atoms with Crippen LogP contribution >= 0.6 is 0 Å². The highest BCUT2D eigenvalue weighted by Gasteiger charge is 2.02. The lowest BCUT2D eigenvalue weighted by Gasteiger charge is -2.02. The molecule has 0 aliphatic rings. The zero-order valence-electron chi connectivity index (χ0n) is 10.7. The molecule has 0 atom stereocenters. The van der Waals surface area contributed by atoms with Gasteiger partial charge in [-0.15, -0.1) is 0 Å². The molecule has 2 aromatic rings. The predicted octanol–water partition coefficient (Wildman–Crippen LogP) is 3.13. The largest absolute Gasteiger partial charge is 0.377 e. The summed E-state index contributed by atoms with van der Waals surface area (Å²) < 4.78 is 0. The third kappa shape index (κ3) is 3.66. The van der Waals surface area contributed by atoms with E-state index in [1.54, 1.807) is 12.1 Å². The first-order chi connectivity index (χ1) is 9.69. The van der Waals surface area contributed by atoms with Gasteiger partial charge in [-0.1, -0.05) is 24.3 Å². The minimum atomic E-state index is -0.416.